The molecule has 0 saturated carbocycles. The molecule has 24 heavy (non-hydrogen) atoms. The third kappa shape index (κ3) is 3.68. The van der Waals surface area contributed by atoms with Crippen LogP contribution in [0, 0.1) is 0 Å². The van der Waals surface area contributed by atoms with Crippen molar-refractivity contribution in [2.24, 2.45) is 0 Å². The average molecular weight is 349 g/mol. The summed E-state index contributed by atoms with van der Waals surface area (Å²) >= 11 is 5.18. The lowest BCUT2D eigenvalue weighted by atomic mass is 10.2. The number of para-hydroxylation sites is 1. The number of hydrogen-bond donors (Lipinski definition) is 3. The van der Waals surface area contributed by atoms with Crippen LogP contribution in [0.15, 0.2) is 54.7 Å². The summed E-state index contributed by atoms with van der Waals surface area (Å²) in [6.07, 6.45) is -2.44. The van der Waals surface area contributed by atoms with Gasteiger partial charge >= 0.3 is 6.18 Å². The first-order valence-corrected chi connectivity index (χ1v) is 7.61. The Bertz CT molecular complexity index is 853. The SMILES string of the molecule is FC(F)(F)c1ccc(NC(=S)NCc2c[nH]c3ccccc23)cc1. The van der Waals surface area contributed by atoms with Gasteiger partial charge in [-0.05, 0) is 48.1 Å². The van der Waals surface area contributed by atoms with E-state index in [1.807, 2.05) is 30.5 Å². The van der Waals surface area contributed by atoms with Crippen LogP contribution >= 0.6 is 12.2 Å². The normalized spacial score (nSPS) is 11.5. The van der Waals surface area contributed by atoms with Crippen LogP contribution in [0.4, 0.5) is 18.9 Å². The van der Waals surface area contributed by atoms with E-state index >= 15 is 0 Å². The van der Waals surface area contributed by atoms with Gasteiger partial charge < -0.3 is 15.6 Å². The number of aromatic amines is 1. The number of H-pyrrole nitrogens is 1. The third-order valence-corrected chi connectivity index (χ3v) is 3.83. The first-order valence-electron chi connectivity index (χ1n) is 7.20. The van der Waals surface area contributed by atoms with Gasteiger partial charge in [-0.25, -0.2) is 0 Å². The van der Waals surface area contributed by atoms with Crippen molar-refractivity contribution < 1.29 is 13.2 Å². The zero-order chi connectivity index (χ0) is 17.2. The summed E-state index contributed by atoms with van der Waals surface area (Å²) in [6.45, 7) is 0.510. The highest BCUT2D eigenvalue weighted by Crippen LogP contribution is 2.29. The van der Waals surface area contributed by atoms with Gasteiger partial charge in [-0.15, -0.1) is 0 Å². The summed E-state index contributed by atoms with van der Waals surface area (Å²) in [7, 11) is 0. The van der Waals surface area contributed by atoms with E-state index in [0.717, 1.165) is 28.6 Å². The molecule has 3 N–H and O–H groups in total. The van der Waals surface area contributed by atoms with E-state index in [2.05, 4.69) is 15.6 Å². The highest BCUT2D eigenvalue weighted by atomic mass is 32.1. The van der Waals surface area contributed by atoms with Crippen LogP contribution in [-0.2, 0) is 12.7 Å². The summed E-state index contributed by atoms with van der Waals surface area (Å²) in [5.74, 6) is 0. The Hall–Kier alpha value is -2.54. The highest BCUT2D eigenvalue weighted by molar-refractivity contribution is 7.80. The first kappa shape index (κ1) is 16.3. The minimum absolute atomic E-state index is 0.347. The number of thiocarbonyl (C=S) groups is 1. The van der Waals surface area contributed by atoms with Gasteiger partial charge in [0, 0.05) is 29.3 Å². The average Bonchev–Trinajstić information content (AvgIpc) is 2.96. The monoisotopic (exact) mass is 349 g/mol. The van der Waals surface area contributed by atoms with Crippen LogP contribution in [-0.4, -0.2) is 10.1 Å². The van der Waals surface area contributed by atoms with Gasteiger partial charge in [-0.3, -0.25) is 0 Å². The van der Waals surface area contributed by atoms with Gasteiger partial charge in [0.05, 0.1) is 5.56 Å². The fraction of sp³-hybridized carbons (Fsp3) is 0.118. The number of anilines is 1. The van der Waals surface area contributed by atoms with Crippen LogP contribution in [0.2, 0.25) is 0 Å². The van der Waals surface area contributed by atoms with Crippen molar-refractivity contribution in [3.63, 3.8) is 0 Å². The molecule has 0 aliphatic carbocycles. The van der Waals surface area contributed by atoms with Gasteiger partial charge in [0.2, 0.25) is 0 Å². The smallest absolute Gasteiger partial charge is 0.361 e. The van der Waals surface area contributed by atoms with Gasteiger partial charge in [0.1, 0.15) is 0 Å². The van der Waals surface area contributed by atoms with Crippen molar-refractivity contribution in [2.75, 3.05) is 5.32 Å². The molecule has 1 aromatic heterocycles. The van der Waals surface area contributed by atoms with Crippen LogP contribution < -0.4 is 10.6 Å². The molecule has 3 rings (SSSR count). The largest absolute Gasteiger partial charge is 0.416 e. The number of aromatic nitrogens is 1. The van der Waals surface area contributed by atoms with Crippen LogP contribution in [0.5, 0.6) is 0 Å². The molecule has 3 aromatic rings. The molecule has 0 spiro atoms. The van der Waals surface area contributed by atoms with Crippen molar-refractivity contribution in [3.8, 4) is 0 Å². The number of nitrogens with one attached hydrogen (secondary N) is 3. The standard InChI is InChI=1S/C17H14F3N3S/c18-17(19,20)12-5-7-13(8-6-12)23-16(24)22-10-11-9-21-15-4-2-1-3-14(11)15/h1-9,21H,10H2,(H2,22,23,24). The predicted octanol–water partition coefficient (Wildman–Crippen LogP) is 4.67. The minimum Gasteiger partial charge on any atom is -0.361 e. The third-order valence-electron chi connectivity index (χ3n) is 3.58. The molecule has 0 atom stereocenters. The lowest BCUT2D eigenvalue weighted by Gasteiger charge is -2.11. The minimum atomic E-state index is -4.34. The highest BCUT2D eigenvalue weighted by Gasteiger charge is 2.29. The fourth-order valence-corrected chi connectivity index (χ4v) is 2.56. The molecule has 0 aliphatic rings. The van der Waals surface area contributed by atoms with Gasteiger partial charge in [-0.1, -0.05) is 18.2 Å². The Morgan fingerprint density at radius 2 is 1.75 bits per heavy atom. The maximum absolute atomic E-state index is 12.5. The molecule has 0 aliphatic heterocycles. The molecule has 2 aromatic carbocycles. The molecular weight excluding hydrogens is 335 g/mol. The number of fused-ring (bicyclic) bond motifs is 1. The molecule has 124 valence electrons. The maximum atomic E-state index is 12.5. The molecule has 0 radical (unpaired) electrons. The molecule has 0 saturated heterocycles. The summed E-state index contributed by atoms with van der Waals surface area (Å²) in [5.41, 5.74) is 1.91. The van der Waals surface area contributed by atoms with E-state index in [0.29, 0.717) is 17.3 Å². The quantitative estimate of drug-likeness (QED) is 0.602. The Morgan fingerprint density at radius 1 is 1.04 bits per heavy atom. The van der Waals surface area contributed by atoms with Gasteiger partial charge in [-0.2, -0.15) is 13.2 Å². The van der Waals surface area contributed by atoms with Crippen LogP contribution in [0.3, 0.4) is 0 Å². The molecule has 0 fully saturated rings. The zero-order valence-corrected chi connectivity index (χ0v) is 13.3. The number of benzene rings is 2. The topological polar surface area (TPSA) is 39.8 Å². The van der Waals surface area contributed by atoms with Crippen molar-refractivity contribution in [3.05, 3.63) is 65.9 Å². The second kappa shape index (κ2) is 6.52. The van der Waals surface area contributed by atoms with E-state index in [1.54, 1.807) is 0 Å². The first-order chi connectivity index (χ1) is 11.4. The van der Waals surface area contributed by atoms with E-state index in [-0.39, 0.29) is 0 Å². The second-order valence-corrected chi connectivity index (χ2v) is 5.65. The van der Waals surface area contributed by atoms with Crippen molar-refractivity contribution >= 4 is 33.9 Å². The molecule has 0 unspecified atom stereocenters. The number of alkyl halides is 3. The second-order valence-electron chi connectivity index (χ2n) is 5.24. The Balaban J connectivity index is 1.60. The molecule has 1 heterocycles. The van der Waals surface area contributed by atoms with E-state index < -0.39 is 11.7 Å². The van der Waals surface area contributed by atoms with Crippen LogP contribution in [0.1, 0.15) is 11.1 Å². The molecule has 7 heteroatoms. The van der Waals surface area contributed by atoms with Gasteiger partial charge in [0.15, 0.2) is 5.11 Å². The Labute approximate surface area is 141 Å². The number of hydrogen-bond acceptors (Lipinski definition) is 1. The molecule has 0 bridgehead atoms. The van der Waals surface area contributed by atoms with E-state index in [4.69, 9.17) is 12.2 Å². The van der Waals surface area contributed by atoms with Crippen LogP contribution in [0.25, 0.3) is 10.9 Å². The summed E-state index contributed by atoms with van der Waals surface area (Å²) in [4.78, 5) is 3.17. The number of halogens is 3. The van der Waals surface area contributed by atoms with Crippen molar-refractivity contribution in [1.29, 1.82) is 0 Å². The van der Waals surface area contributed by atoms with Crippen molar-refractivity contribution in [1.82, 2.24) is 10.3 Å². The lowest BCUT2D eigenvalue weighted by Crippen LogP contribution is -2.27. The Kier molecular flexibility index (Phi) is 4.44. The number of rotatable bonds is 3. The predicted molar refractivity (Wildman–Crippen MR) is 92.8 cm³/mol. The van der Waals surface area contributed by atoms with E-state index in [1.165, 1.54) is 12.1 Å². The summed E-state index contributed by atoms with van der Waals surface area (Å²) in [6, 6.07) is 12.6. The summed E-state index contributed by atoms with van der Waals surface area (Å²) < 4.78 is 37.6. The molecule has 0 amide bonds. The van der Waals surface area contributed by atoms with Gasteiger partial charge in [0.25, 0.3) is 0 Å². The Morgan fingerprint density at radius 3 is 2.46 bits per heavy atom. The fourth-order valence-electron chi connectivity index (χ4n) is 2.37. The molecular formula is C17H14F3N3S. The lowest BCUT2D eigenvalue weighted by molar-refractivity contribution is -0.137. The van der Waals surface area contributed by atoms with Crippen molar-refractivity contribution in [2.45, 2.75) is 12.7 Å². The summed E-state index contributed by atoms with van der Waals surface area (Å²) in [5, 5.41) is 7.37. The zero-order valence-electron chi connectivity index (χ0n) is 12.4. The molecule has 3 nitrogen and oxygen atoms in total. The maximum Gasteiger partial charge on any atom is 0.416 e. The van der Waals surface area contributed by atoms with E-state index in [9.17, 15) is 13.2 Å².